The molecule has 0 aromatic heterocycles. The van der Waals surface area contributed by atoms with Crippen LogP contribution in [0, 0.1) is 6.92 Å². The van der Waals surface area contributed by atoms with Gasteiger partial charge in [0.15, 0.2) is 0 Å². The van der Waals surface area contributed by atoms with Crippen molar-refractivity contribution in [2.24, 2.45) is 0 Å². The molecule has 0 N–H and O–H groups in total. The molecule has 3 aromatic carbocycles. The maximum absolute atomic E-state index is 13.7. The number of amides is 1. The SMILES string of the molecule is Cc1ccc(N(Cc2ccccc2)C(=O)c2ccc(Cl)c(S(=O)(=O)N3CCCCC3)c2)cc1. The van der Waals surface area contributed by atoms with Gasteiger partial charge in [-0.05, 0) is 55.7 Å². The standard InChI is InChI=1S/C26H27ClN2O3S/c1-20-10-13-23(14-11-20)29(19-21-8-4-2-5-9-21)26(30)22-12-15-24(27)25(18-22)33(31,32)28-16-6-3-7-17-28/h2,4-5,8-15,18H,3,6-7,16-17,19H2,1H3. The van der Waals surface area contributed by atoms with Gasteiger partial charge < -0.3 is 4.90 Å². The summed E-state index contributed by atoms with van der Waals surface area (Å²) in [4.78, 5) is 15.3. The number of carbonyl (C=O) groups is 1. The van der Waals surface area contributed by atoms with Crippen molar-refractivity contribution in [3.05, 3.63) is 94.5 Å². The Kier molecular flexibility index (Phi) is 7.17. The van der Waals surface area contributed by atoms with E-state index in [4.69, 9.17) is 11.6 Å². The number of sulfonamides is 1. The van der Waals surface area contributed by atoms with E-state index in [-0.39, 0.29) is 21.4 Å². The van der Waals surface area contributed by atoms with Gasteiger partial charge in [-0.3, -0.25) is 4.79 Å². The van der Waals surface area contributed by atoms with Gasteiger partial charge >= 0.3 is 0 Å². The molecule has 1 fully saturated rings. The summed E-state index contributed by atoms with van der Waals surface area (Å²) in [5.41, 5.74) is 3.09. The predicted molar refractivity (Wildman–Crippen MR) is 132 cm³/mol. The first-order valence-electron chi connectivity index (χ1n) is 11.1. The molecule has 0 spiro atoms. The van der Waals surface area contributed by atoms with Gasteiger partial charge in [-0.2, -0.15) is 4.31 Å². The van der Waals surface area contributed by atoms with Crippen LogP contribution >= 0.6 is 11.6 Å². The maximum Gasteiger partial charge on any atom is 0.258 e. The zero-order valence-electron chi connectivity index (χ0n) is 18.6. The molecule has 0 radical (unpaired) electrons. The highest BCUT2D eigenvalue weighted by molar-refractivity contribution is 7.89. The van der Waals surface area contributed by atoms with E-state index in [1.165, 1.54) is 16.4 Å². The van der Waals surface area contributed by atoms with Crippen molar-refractivity contribution < 1.29 is 13.2 Å². The lowest BCUT2D eigenvalue weighted by molar-refractivity contribution is 0.0985. The molecule has 172 valence electrons. The van der Waals surface area contributed by atoms with Crippen molar-refractivity contribution in [3.8, 4) is 0 Å². The third-order valence-electron chi connectivity index (χ3n) is 5.89. The van der Waals surface area contributed by atoms with Crippen LogP contribution in [0.3, 0.4) is 0 Å². The smallest absolute Gasteiger partial charge is 0.258 e. The van der Waals surface area contributed by atoms with E-state index < -0.39 is 10.0 Å². The number of benzene rings is 3. The first-order valence-corrected chi connectivity index (χ1v) is 12.9. The fraction of sp³-hybridized carbons (Fsp3) is 0.269. The van der Waals surface area contributed by atoms with E-state index >= 15 is 0 Å². The average Bonchev–Trinajstić information content (AvgIpc) is 2.84. The summed E-state index contributed by atoms with van der Waals surface area (Å²) in [5, 5.41) is 0.127. The number of piperidine rings is 1. The Morgan fingerprint density at radius 3 is 2.27 bits per heavy atom. The van der Waals surface area contributed by atoms with Crippen molar-refractivity contribution in [3.63, 3.8) is 0 Å². The number of hydrogen-bond acceptors (Lipinski definition) is 3. The van der Waals surface area contributed by atoms with E-state index in [0.717, 1.165) is 36.1 Å². The number of anilines is 1. The molecule has 0 bridgehead atoms. The second-order valence-electron chi connectivity index (χ2n) is 8.32. The topological polar surface area (TPSA) is 57.7 Å². The molecular weight excluding hydrogens is 456 g/mol. The number of carbonyl (C=O) groups excluding carboxylic acids is 1. The molecule has 4 rings (SSSR count). The fourth-order valence-electron chi connectivity index (χ4n) is 4.01. The summed E-state index contributed by atoms with van der Waals surface area (Å²) in [6.07, 6.45) is 2.67. The third kappa shape index (κ3) is 5.29. The predicted octanol–water partition coefficient (Wildman–Crippen LogP) is 5.67. The van der Waals surface area contributed by atoms with Crippen LogP contribution in [0.4, 0.5) is 5.69 Å². The van der Waals surface area contributed by atoms with Gasteiger partial charge in [-0.25, -0.2) is 8.42 Å². The first-order chi connectivity index (χ1) is 15.9. The number of rotatable bonds is 6. The normalized spacial score (nSPS) is 14.7. The van der Waals surface area contributed by atoms with Gasteiger partial charge in [0.1, 0.15) is 4.90 Å². The number of nitrogens with zero attached hydrogens (tertiary/aromatic N) is 2. The van der Waals surface area contributed by atoms with Crippen LogP contribution in [-0.2, 0) is 16.6 Å². The van der Waals surface area contributed by atoms with E-state index in [0.29, 0.717) is 19.6 Å². The molecule has 1 heterocycles. The van der Waals surface area contributed by atoms with Crippen molar-refractivity contribution in [1.82, 2.24) is 4.31 Å². The lowest BCUT2D eigenvalue weighted by Crippen LogP contribution is -2.36. The van der Waals surface area contributed by atoms with Crippen LogP contribution in [0.2, 0.25) is 5.02 Å². The van der Waals surface area contributed by atoms with Crippen LogP contribution in [0.1, 0.15) is 40.7 Å². The minimum absolute atomic E-state index is 0.0134. The lowest BCUT2D eigenvalue weighted by atomic mass is 10.1. The summed E-state index contributed by atoms with van der Waals surface area (Å²) in [7, 11) is -3.77. The molecule has 1 saturated heterocycles. The quantitative estimate of drug-likeness (QED) is 0.454. The minimum Gasteiger partial charge on any atom is -0.304 e. The largest absolute Gasteiger partial charge is 0.304 e. The molecule has 0 saturated carbocycles. The zero-order chi connectivity index (χ0) is 23.4. The molecule has 1 aliphatic heterocycles. The molecular formula is C26H27ClN2O3S. The van der Waals surface area contributed by atoms with Crippen LogP contribution in [0.15, 0.2) is 77.7 Å². The Labute approximate surface area is 200 Å². The number of aryl methyl sites for hydroxylation is 1. The van der Waals surface area contributed by atoms with Crippen LogP contribution in [0.25, 0.3) is 0 Å². The van der Waals surface area contributed by atoms with Crippen molar-refractivity contribution in [1.29, 1.82) is 0 Å². The Hall–Kier alpha value is -2.67. The van der Waals surface area contributed by atoms with Crippen molar-refractivity contribution in [2.75, 3.05) is 18.0 Å². The Morgan fingerprint density at radius 2 is 1.61 bits per heavy atom. The summed E-state index contributed by atoms with van der Waals surface area (Å²) < 4.78 is 28.0. The summed E-state index contributed by atoms with van der Waals surface area (Å²) in [6.45, 7) is 3.30. The maximum atomic E-state index is 13.7. The van der Waals surface area contributed by atoms with Gasteiger partial charge in [0.05, 0.1) is 11.6 Å². The number of halogens is 1. The lowest BCUT2D eigenvalue weighted by Gasteiger charge is -2.27. The third-order valence-corrected chi connectivity index (χ3v) is 8.27. The molecule has 0 atom stereocenters. The summed E-state index contributed by atoms with van der Waals surface area (Å²) in [5.74, 6) is -0.283. The number of hydrogen-bond donors (Lipinski definition) is 0. The van der Waals surface area contributed by atoms with E-state index in [9.17, 15) is 13.2 Å². The van der Waals surface area contributed by atoms with Gasteiger partial charge in [0.2, 0.25) is 10.0 Å². The summed E-state index contributed by atoms with van der Waals surface area (Å²) in [6, 6.07) is 21.9. The van der Waals surface area contributed by atoms with E-state index in [2.05, 4.69) is 0 Å². The monoisotopic (exact) mass is 482 g/mol. The Balaban J connectivity index is 1.71. The average molecular weight is 483 g/mol. The summed E-state index contributed by atoms with van der Waals surface area (Å²) >= 11 is 6.32. The van der Waals surface area contributed by atoms with E-state index in [1.807, 2.05) is 61.5 Å². The molecule has 1 amide bonds. The molecule has 0 aliphatic carbocycles. The van der Waals surface area contributed by atoms with Gasteiger partial charge in [-0.15, -0.1) is 0 Å². The van der Waals surface area contributed by atoms with Gasteiger partial charge in [-0.1, -0.05) is 66.0 Å². The Bertz CT molecular complexity index is 1220. The Morgan fingerprint density at radius 1 is 0.939 bits per heavy atom. The molecule has 3 aromatic rings. The first kappa shape index (κ1) is 23.5. The van der Waals surface area contributed by atoms with Crippen LogP contribution < -0.4 is 4.90 Å². The second kappa shape index (κ2) is 10.1. The zero-order valence-corrected chi connectivity index (χ0v) is 20.1. The highest BCUT2D eigenvalue weighted by Gasteiger charge is 2.29. The van der Waals surface area contributed by atoms with Crippen molar-refractivity contribution >= 4 is 33.2 Å². The molecule has 0 unspecified atom stereocenters. The molecule has 33 heavy (non-hydrogen) atoms. The molecule has 5 nitrogen and oxygen atoms in total. The van der Waals surface area contributed by atoms with Crippen LogP contribution in [0.5, 0.6) is 0 Å². The van der Waals surface area contributed by atoms with Gasteiger partial charge in [0.25, 0.3) is 5.91 Å². The van der Waals surface area contributed by atoms with E-state index in [1.54, 1.807) is 11.0 Å². The molecule has 7 heteroatoms. The minimum atomic E-state index is -3.77. The van der Waals surface area contributed by atoms with Crippen LogP contribution in [-0.4, -0.2) is 31.7 Å². The molecule has 1 aliphatic rings. The fourth-order valence-corrected chi connectivity index (χ4v) is 6.02. The van der Waals surface area contributed by atoms with Gasteiger partial charge in [0, 0.05) is 24.3 Å². The highest BCUT2D eigenvalue weighted by Crippen LogP contribution is 2.29. The van der Waals surface area contributed by atoms with Crippen molar-refractivity contribution in [2.45, 2.75) is 37.6 Å². The second-order valence-corrected chi connectivity index (χ2v) is 10.6. The highest BCUT2D eigenvalue weighted by atomic mass is 35.5.